The molecule has 6 rings (SSSR count). The maximum absolute atomic E-state index is 13.7. The smallest absolute Gasteiger partial charge is 0.321 e. The number of amides is 2. The molecule has 1 N–H and O–H groups in total. The molecule has 10 heteroatoms. The summed E-state index contributed by atoms with van der Waals surface area (Å²) in [5, 5.41) is 9.25. The molecule has 2 amide bonds. The number of anilines is 2. The maximum atomic E-state index is 13.7. The van der Waals surface area contributed by atoms with Gasteiger partial charge in [0.2, 0.25) is 0 Å². The molecule has 0 unspecified atom stereocenters. The number of aromatic nitrogens is 4. The van der Waals surface area contributed by atoms with E-state index in [2.05, 4.69) is 41.4 Å². The van der Waals surface area contributed by atoms with Crippen molar-refractivity contribution in [1.82, 2.24) is 24.6 Å². The minimum absolute atomic E-state index is 0.146. The van der Waals surface area contributed by atoms with Gasteiger partial charge in [-0.05, 0) is 74.4 Å². The molecule has 0 radical (unpaired) electrons. The molecular weight excluding hydrogens is 553 g/mol. The van der Waals surface area contributed by atoms with E-state index in [4.69, 9.17) is 26.7 Å². The largest absolute Gasteiger partial charge is 0.354 e. The van der Waals surface area contributed by atoms with Gasteiger partial charge in [-0.25, -0.2) is 23.8 Å². The van der Waals surface area contributed by atoms with Crippen molar-refractivity contribution in [2.75, 3.05) is 36.4 Å². The summed E-state index contributed by atoms with van der Waals surface area (Å²) in [6, 6.07) is 21.5. The molecule has 42 heavy (non-hydrogen) atoms. The number of carbonyl (C=O) groups is 1. The van der Waals surface area contributed by atoms with Crippen LogP contribution in [0.15, 0.2) is 72.8 Å². The average Bonchev–Trinajstić information content (AvgIpc) is 3.15. The second-order valence-electron chi connectivity index (χ2n) is 10.6. The summed E-state index contributed by atoms with van der Waals surface area (Å²) in [6.07, 6.45) is 1.33. The molecule has 1 saturated heterocycles. The second-order valence-corrected chi connectivity index (χ2v) is 11.0. The summed E-state index contributed by atoms with van der Waals surface area (Å²) in [5.74, 6) is 1.16. The average molecular weight is 584 g/mol. The van der Waals surface area contributed by atoms with Crippen LogP contribution in [0.2, 0.25) is 5.02 Å². The van der Waals surface area contributed by atoms with Crippen molar-refractivity contribution in [2.45, 2.75) is 26.7 Å². The number of urea groups is 1. The van der Waals surface area contributed by atoms with Crippen molar-refractivity contribution >= 4 is 40.2 Å². The Hall–Kier alpha value is -4.50. The van der Waals surface area contributed by atoms with Gasteiger partial charge in [0.1, 0.15) is 17.5 Å². The third-order valence-corrected chi connectivity index (χ3v) is 7.71. The summed E-state index contributed by atoms with van der Waals surface area (Å²) in [4.78, 5) is 27.2. The van der Waals surface area contributed by atoms with Gasteiger partial charge in [0.25, 0.3) is 0 Å². The molecule has 5 aromatic rings. The fraction of sp³-hybridized carbons (Fsp3) is 0.250. The highest BCUT2D eigenvalue weighted by atomic mass is 35.5. The van der Waals surface area contributed by atoms with Crippen LogP contribution in [-0.2, 0) is 6.42 Å². The molecule has 0 spiro atoms. The number of hydrogen-bond donors (Lipinski definition) is 1. The monoisotopic (exact) mass is 583 g/mol. The molecule has 2 aromatic heterocycles. The molecule has 0 saturated carbocycles. The van der Waals surface area contributed by atoms with Crippen molar-refractivity contribution in [3.63, 3.8) is 0 Å². The van der Waals surface area contributed by atoms with Crippen molar-refractivity contribution in [1.29, 1.82) is 0 Å². The predicted molar refractivity (Wildman–Crippen MR) is 164 cm³/mol. The van der Waals surface area contributed by atoms with Crippen molar-refractivity contribution < 1.29 is 9.18 Å². The van der Waals surface area contributed by atoms with E-state index < -0.39 is 0 Å². The first-order chi connectivity index (χ1) is 20.3. The van der Waals surface area contributed by atoms with E-state index in [-0.39, 0.29) is 11.8 Å². The predicted octanol–water partition coefficient (Wildman–Crippen LogP) is 6.56. The fourth-order valence-electron chi connectivity index (χ4n) is 5.23. The first kappa shape index (κ1) is 27.7. The minimum atomic E-state index is -0.309. The lowest BCUT2D eigenvalue weighted by Gasteiger charge is -2.24. The molecular formula is C32H31ClFN7O. The fourth-order valence-corrected chi connectivity index (χ4v) is 5.36. The highest BCUT2D eigenvalue weighted by molar-refractivity contribution is 6.30. The number of nitrogens with one attached hydrogen (secondary N) is 1. The topological polar surface area (TPSA) is 79.2 Å². The molecule has 1 fully saturated rings. The molecule has 1 aliphatic rings. The summed E-state index contributed by atoms with van der Waals surface area (Å²) in [5.41, 5.74) is 5.18. The molecule has 3 aromatic carbocycles. The van der Waals surface area contributed by atoms with E-state index in [1.165, 1.54) is 17.7 Å². The van der Waals surface area contributed by atoms with Crippen LogP contribution in [0.1, 0.15) is 29.1 Å². The zero-order valence-electron chi connectivity index (χ0n) is 23.5. The van der Waals surface area contributed by atoms with Crippen LogP contribution in [0, 0.1) is 19.7 Å². The second kappa shape index (κ2) is 11.8. The van der Waals surface area contributed by atoms with Crippen LogP contribution in [0.4, 0.5) is 20.7 Å². The summed E-state index contributed by atoms with van der Waals surface area (Å²) in [7, 11) is 0. The van der Waals surface area contributed by atoms with Gasteiger partial charge in [-0.1, -0.05) is 41.4 Å². The van der Waals surface area contributed by atoms with E-state index in [1.54, 1.807) is 41.1 Å². The van der Waals surface area contributed by atoms with Gasteiger partial charge in [-0.15, -0.1) is 0 Å². The number of aryl methyl sites for hydroxylation is 2. The lowest BCUT2D eigenvalue weighted by molar-refractivity contribution is 0.215. The summed E-state index contributed by atoms with van der Waals surface area (Å²) < 4.78 is 15.5. The number of halogens is 2. The molecule has 1 aliphatic heterocycles. The number of rotatable bonds is 5. The first-order valence-electron chi connectivity index (χ1n) is 14.0. The first-order valence-corrected chi connectivity index (χ1v) is 14.4. The molecule has 3 heterocycles. The van der Waals surface area contributed by atoms with Gasteiger partial charge in [0, 0.05) is 43.3 Å². The Morgan fingerprint density at radius 3 is 2.38 bits per heavy atom. The molecule has 0 bridgehead atoms. The number of benzene rings is 3. The number of fused-ring (bicyclic) bond motifs is 1. The summed E-state index contributed by atoms with van der Waals surface area (Å²) >= 11 is 5.99. The van der Waals surface area contributed by atoms with E-state index in [9.17, 15) is 9.18 Å². The van der Waals surface area contributed by atoms with E-state index in [0.29, 0.717) is 48.2 Å². The highest BCUT2D eigenvalue weighted by Crippen LogP contribution is 2.30. The minimum Gasteiger partial charge on any atom is -0.354 e. The normalized spacial score (nSPS) is 13.8. The van der Waals surface area contributed by atoms with Gasteiger partial charge in [0.05, 0.1) is 16.8 Å². The van der Waals surface area contributed by atoms with Gasteiger partial charge < -0.3 is 15.1 Å². The third kappa shape index (κ3) is 5.92. The Bertz CT molecular complexity index is 1720. The number of hydrogen-bond acceptors (Lipinski definition) is 5. The van der Waals surface area contributed by atoms with E-state index in [1.807, 2.05) is 11.8 Å². The third-order valence-electron chi connectivity index (χ3n) is 7.46. The van der Waals surface area contributed by atoms with Gasteiger partial charge >= 0.3 is 6.03 Å². The Morgan fingerprint density at radius 2 is 1.64 bits per heavy atom. The standard InChI is InChI=1S/C32H31ClFN7O/c1-21-4-6-23(7-5-21)20-28-36-30(29-22(2)38-41(31(29)37-28)27-14-10-25(34)11-15-27)39-16-3-17-40(19-18-39)32(42)35-26-12-8-24(33)9-13-26/h4-15H,3,16-20H2,1-2H3,(H,35,42). The number of nitrogens with zero attached hydrogens (tertiary/aromatic N) is 6. The van der Waals surface area contributed by atoms with Crippen LogP contribution in [0.5, 0.6) is 0 Å². The Morgan fingerprint density at radius 1 is 0.905 bits per heavy atom. The van der Waals surface area contributed by atoms with E-state index >= 15 is 0 Å². The van der Waals surface area contributed by atoms with Gasteiger partial charge in [0.15, 0.2) is 5.65 Å². The SMILES string of the molecule is Cc1ccc(Cc2nc(N3CCCN(C(=O)Nc4ccc(Cl)cc4)CC3)c3c(C)nn(-c4ccc(F)cc4)c3n2)cc1. The lowest BCUT2D eigenvalue weighted by atomic mass is 10.1. The molecule has 214 valence electrons. The highest BCUT2D eigenvalue weighted by Gasteiger charge is 2.25. The van der Waals surface area contributed by atoms with Crippen LogP contribution < -0.4 is 10.2 Å². The maximum Gasteiger partial charge on any atom is 0.321 e. The van der Waals surface area contributed by atoms with Crippen LogP contribution in [0.3, 0.4) is 0 Å². The zero-order valence-corrected chi connectivity index (χ0v) is 24.3. The van der Waals surface area contributed by atoms with Crippen molar-refractivity contribution in [2.24, 2.45) is 0 Å². The van der Waals surface area contributed by atoms with Crippen molar-refractivity contribution in [3.8, 4) is 5.69 Å². The van der Waals surface area contributed by atoms with E-state index in [0.717, 1.165) is 41.1 Å². The summed E-state index contributed by atoms with van der Waals surface area (Å²) in [6.45, 7) is 6.48. The quantitative estimate of drug-likeness (QED) is 0.253. The molecule has 0 atom stereocenters. The zero-order chi connectivity index (χ0) is 29.2. The van der Waals surface area contributed by atoms with Gasteiger partial charge in [-0.3, -0.25) is 0 Å². The molecule has 8 nitrogen and oxygen atoms in total. The molecule has 0 aliphatic carbocycles. The number of carbonyl (C=O) groups excluding carboxylic acids is 1. The van der Waals surface area contributed by atoms with Crippen LogP contribution in [-0.4, -0.2) is 56.9 Å². The lowest BCUT2D eigenvalue weighted by Crippen LogP contribution is -2.38. The van der Waals surface area contributed by atoms with Gasteiger partial charge in [-0.2, -0.15) is 5.10 Å². The van der Waals surface area contributed by atoms with Crippen LogP contribution in [0.25, 0.3) is 16.7 Å². The Kier molecular flexibility index (Phi) is 7.75. The van der Waals surface area contributed by atoms with Crippen LogP contribution >= 0.6 is 11.6 Å². The Labute approximate surface area is 248 Å². The Balaban J connectivity index is 1.33. The van der Waals surface area contributed by atoms with Crippen molar-refractivity contribution in [3.05, 3.63) is 106 Å².